The summed E-state index contributed by atoms with van der Waals surface area (Å²) in [7, 11) is -3.52. The number of hydrogen-bond acceptors (Lipinski definition) is 3. The van der Waals surface area contributed by atoms with Crippen LogP contribution in [0.5, 0.6) is 0 Å². The van der Waals surface area contributed by atoms with E-state index >= 15 is 0 Å². The molecule has 130 valence electrons. The van der Waals surface area contributed by atoms with Crippen molar-refractivity contribution in [1.29, 1.82) is 0 Å². The lowest BCUT2D eigenvalue weighted by Gasteiger charge is -2.11. The van der Waals surface area contributed by atoms with Gasteiger partial charge < -0.3 is 5.32 Å². The Morgan fingerprint density at radius 1 is 0.885 bits per heavy atom. The molecule has 4 rings (SSSR count). The fourth-order valence-electron chi connectivity index (χ4n) is 3.23. The second-order valence-corrected chi connectivity index (χ2v) is 8.32. The molecule has 1 heterocycles. The van der Waals surface area contributed by atoms with E-state index in [0.29, 0.717) is 5.69 Å². The van der Waals surface area contributed by atoms with Crippen LogP contribution >= 0.6 is 0 Å². The Morgan fingerprint density at radius 3 is 2.42 bits per heavy atom. The SMILES string of the molecule is O=C1Cc2cc(S(=O)(=O)Cc3ccccc3-c3ccccc3)ccc2N1. The van der Waals surface area contributed by atoms with E-state index in [1.807, 2.05) is 54.6 Å². The second kappa shape index (κ2) is 6.42. The van der Waals surface area contributed by atoms with E-state index in [-0.39, 0.29) is 23.0 Å². The van der Waals surface area contributed by atoms with Crippen LogP contribution in [0.15, 0.2) is 77.7 Å². The molecule has 0 saturated heterocycles. The van der Waals surface area contributed by atoms with Crippen molar-refractivity contribution < 1.29 is 13.2 Å². The number of fused-ring (bicyclic) bond motifs is 1. The molecule has 4 nitrogen and oxygen atoms in total. The van der Waals surface area contributed by atoms with Gasteiger partial charge in [-0.05, 0) is 40.5 Å². The molecule has 0 saturated carbocycles. The number of anilines is 1. The Morgan fingerprint density at radius 2 is 1.62 bits per heavy atom. The summed E-state index contributed by atoms with van der Waals surface area (Å²) in [6.07, 6.45) is 0.222. The molecule has 0 aromatic heterocycles. The van der Waals surface area contributed by atoms with Crippen LogP contribution in [-0.4, -0.2) is 14.3 Å². The number of amides is 1. The van der Waals surface area contributed by atoms with Gasteiger partial charge in [-0.2, -0.15) is 0 Å². The van der Waals surface area contributed by atoms with E-state index in [0.717, 1.165) is 22.3 Å². The minimum Gasteiger partial charge on any atom is -0.326 e. The molecule has 0 radical (unpaired) electrons. The minimum atomic E-state index is -3.52. The number of hydrogen-bond donors (Lipinski definition) is 1. The van der Waals surface area contributed by atoms with Gasteiger partial charge in [-0.15, -0.1) is 0 Å². The van der Waals surface area contributed by atoms with Gasteiger partial charge >= 0.3 is 0 Å². The second-order valence-electron chi connectivity index (χ2n) is 6.33. The summed E-state index contributed by atoms with van der Waals surface area (Å²) in [5.41, 5.74) is 4.08. The fourth-order valence-corrected chi connectivity index (χ4v) is 4.66. The van der Waals surface area contributed by atoms with E-state index < -0.39 is 9.84 Å². The molecule has 0 unspecified atom stereocenters. The van der Waals surface area contributed by atoms with Crippen LogP contribution in [-0.2, 0) is 26.8 Å². The molecule has 0 atom stereocenters. The molecule has 26 heavy (non-hydrogen) atoms. The number of rotatable bonds is 4. The lowest BCUT2D eigenvalue weighted by atomic mass is 10.0. The number of benzene rings is 3. The highest BCUT2D eigenvalue weighted by Gasteiger charge is 2.23. The van der Waals surface area contributed by atoms with Gasteiger partial charge in [0.1, 0.15) is 0 Å². The molecule has 1 N–H and O–H groups in total. The molecule has 0 aliphatic carbocycles. The van der Waals surface area contributed by atoms with Gasteiger partial charge in [-0.25, -0.2) is 8.42 Å². The summed E-state index contributed by atoms with van der Waals surface area (Å²) in [6.45, 7) is 0. The molecule has 0 bridgehead atoms. The van der Waals surface area contributed by atoms with Crippen LogP contribution in [0.1, 0.15) is 11.1 Å². The van der Waals surface area contributed by atoms with Gasteiger partial charge in [0.25, 0.3) is 0 Å². The van der Waals surface area contributed by atoms with Crippen molar-refractivity contribution in [2.75, 3.05) is 5.32 Å². The van der Waals surface area contributed by atoms with E-state index in [2.05, 4.69) is 5.32 Å². The molecule has 5 heteroatoms. The predicted octanol–water partition coefficient (Wildman–Crippen LogP) is 3.82. The Hall–Kier alpha value is -2.92. The Labute approximate surface area is 152 Å². The van der Waals surface area contributed by atoms with Gasteiger partial charge in [0.05, 0.1) is 17.1 Å². The topological polar surface area (TPSA) is 63.2 Å². The third-order valence-corrected chi connectivity index (χ3v) is 6.17. The van der Waals surface area contributed by atoms with Crippen molar-refractivity contribution in [3.05, 3.63) is 83.9 Å². The Bertz CT molecular complexity index is 1090. The molecule has 1 amide bonds. The maximum atomic E-state index is 13.0. The van der Waals surface area contributed by atoms with Crippen molar-refractivity contribution in [3.63, 3.8) is 0 Å². The lowest BCUT2D eigenvalue weighted by molar-refractivity contribution is -0.115. The van der Waals surface area contributed by atoms with E-state index in [1.54, 1.807) is 18.2 Å². The summed E-state index contributed by atoms with van der Waals surface area (Å²) in [4.78, 5) is 11.7. The van der Waals surface area contributed by atoms with Crippen LogP contribution < -0.4 is 5.32 Å². The van der Waals surface area contributed by atoms with Crippen LogP contribution in [0.3, 0.4) is 0 Å². The zero-order chi connectivity index (χ0) is 18.1. The van der Waals surface area contributed by atoms with E-state index in [1.165, 1.54) is 0 Å². The Balaban J connectivity index is 1.70. The highest BCUT2D eigenvalue weighted by atomic mass is 32.2. The van der Waals surface area contributed by atoms with Gasteiger partial charge in [-0.3, -0.25) is 4.79 Å². The van der Waals surface area contributed by atoms with Crippen molar-refractivity contribution in [2.45, 2.75) is 17.1 Å². The standard InChI is InChI=1S/C21H17NO3S/c23-21-13-17-12-18(10-11-20(17)22-21)26(24,25)14-16-8-4-5-9-19(16)15-6-2-1-3-7-15/h1-12H,13-14H2,(H,22,23). The first kappa shape index (κ1) is 16.5. The Kier molecular flexibility index (Phi) is 4.09. The zero-order valence-electron chi connectivity index (χ0n) is 14.0. The molecule has 3 aromatic carbocycles. The highest BCUT2D eigenvalue weighted by molar-refractivity contribution is 7.90. The predicted molar refractivity (Wildman–Crippen MR) is 102 cm³/mol. The maximum absolute atomic E-state index is 13.0. The van der Waals surface area contributed by atoms with Crippen LogP contribution in [0.2, 0.25) is 0 Å². The molecule has 0 fully saturated rings. The fraction of sp³-hybridized carbons (Fsp3) is 0.0952. The highest BCUT2D eigenvalue weighted by Crippen LogP contribution is 2.30. The smallest absolute Gasteiger partial charge is 0.228 e. The summed E-state index contributed by atoms with van der Waals surface area (Å²) in [5, 5.41) is 2.72. The molecule has 1 aliphatic rings. The van der Waals surface area contributed by atoms with Gasteiger partial charge in [-0.1, -0.05) is 54.6 Å². The van der Waals surface area contributed by atoms with Gasteiger partial charge in [0, 0.05) is 5.69 Å². The first-order valence-electron chi connectivity index (χ1n) is 8.32. The van der Waals surface area contributed by atoms with Gasteiger partial charge in [0.15, 0.2) is 9.84 Å². The summed E-state index contributed by atoms with van der Waals surface area (Å²) in [6, 6.07) is 22.1. The zero-order valence-corrected chi connectivity index (χ0v) is 14.8. The molecule has 1 aliphatic heterocycles. The van der Waals surface area contributed by atoms with Crippen molar-refractivity contribution in [2.24, 2.45) is 0 Å². The van der Waals surface area contributed by atoms with Crippen LogP contribution in [0, 0.1) is 0 Å². The van der Waals surface area contributed by atoms with E-state index in [4.69, 9.17) is 0 Å². The van der Waals surface area contributed by atoms with Crippen molar-refractivity contribution in [1.82, 2.24) is 0 Å². The minimum absolute atomic E-state index is 0.0851. The number of nitrogens with one attached hydrogen (secondary N) is 1. The average Bonchev–Trinajstić information content (AvgIpc) is 3.02. The summed E-state index contributed by atoms with van der Waals surface area (Å²) in [5.74, 6) is -0.193. The largest absolute Gasteiger partial charge is 0.326 e. The number of carbonyl (C=O) groups excluding carboxylic acids is 1. The summed E-state index contributed by atoms with van der Waals surface area (Å²) >= 11 is 0. The first-order chi connectivity index (χ1) is 12.5. The molecular formula is C21H17NO3S. The van der Waals surface area contributed by atoms with Crippen LogP contribution in [0.25, 0.3) is 11.1 Å². The normalized spacial score (nSPS) is 13.3. The monoisotopic (exact) mass is 363 g/mol. The lowest BCUT2D eigenvalue weighted by Crippen LogP contribution is -2.06. The quantitative estimate of drug-likeness (QED) is 0.766. The van der Waals surface area contributed by atoms with Gasteiger partial charge in [0.2, 0.25) is 5.91 Å². The number of carbonyl (C=O) groups is 1. The summed E-state index contributed by atoms with van der Waals surface area (Å²) < 4.78 is 25.9. The van der Waals surface area contributed by atoms with Crippen molar-refractivity contribution >= 4 is 21.4 Å². The molecule has 0 spiro atoms. The molecule has 3 aromatic rings. The van der Waals surface area contributed by atoms with Crippen molar-refractivity contribution in [3.8, 4) is 11.1 Å². The van der Waals surface area contributed by atoms with Crippen LogP contribution in [0.4, 0.5) is 5.69 Å². The third kappa shape index (κ3) is 3.13. The number of sulfone groups is 1. The first-order valence-corrected chi connectivity index (χ1v) is 9.97. The maximum Gasteiger partial charge on any atom is 0.228 e. The molecular weight excluding hydrogens is 346 g/mol. The third-order valence-electron chi connectivity index (χ3n) is 4.51. The van der Waals surface area contributed by atoms with E-state index in [9.17, 15) is 13.2 Å². The average molecular weight is 363 g/mol.